The van der Waals surface area contributed by atoms with E-state index in [4.69, 9.17) is 21.8 Å². The van der Waals surface area contributed by atoms with Crippen molar-refractivity contribution < 1.29 is 15.0 Å². The van der Waals surface area contributed by atoms with Crippen LogP contribution in [0.5, 0.6) is 0 Å². The predicted molar refractivity (Wildman–Crippen MR) is 58.9 cm³/mol. The number of hydrogen-bond acceptors (Lipinski definition) is 4. The van der Waals surface area contributed by atoms with E-state index in [1.165, 1.54) is 6.92 Å². The van der Waals surface area contributed by atoms with Crippen molar-refractivity contribution in [2.24, 2.45) is 10.2 Å². The molecular formula is C10H9ClN2O3. The molecule has 0 saturated heterocycles. The summed E-state index contributed by atoms with van der Waals surface area (Å²) >= 11 is 5.66. The summed E-state index contributed by atoms with van der Waals surface area (Å²) in [5.41, 5.74) is -0.0423. The van der Waals surface area contributed by atoms with Gasteiger partial charge >= 0.3 is 5.97 Å². The van der Waals surface area contributed by atoms with E-state index in [1.54, 1.807) is 24.3 Å². The van der Waals surface area contributed by atoms with Gasteiger partial charge in [-0.15, -0.1) is 5.11 Å². The topological polar surface area (TPSA) is 82.2 Å². The van der Waals surface area contributed by atoms with E-state index in [9.17, 15) is 4.79 Å². The Bertz CT molecular complexity index is 448. The van der Waals surface area contributed by atoms with Crippen LogP contribution in [-0.4, -0.2) is 16.2 Å². The lowest BCUT2D eigenvalue weighted by Gasteiger charge is -1.95. The van der Waals surface area contributed by atoms with Crippen molar-refractivity contribution in [2.75, 3.05) is 0 Å². The third-order valence-corrected chi connectivity index (χ3v) is 1.89. The fourth-order valence-electron chi connectivity index (χ4n) is 0.885. The van der Waals surface area contributed by atoms with Crippen molar-refractivity contribution in [3.8, 4) is 0 Å². The molecule has 0 aliphatic rings. The number of aliphatic hydroxyl groups excluding tert-OH is 1. The molecule has 0 aromatic heterocycles. The van der Waals surface area contributed by atoms with Crippen LogP contribution in [0.15, 0.2) is 46.0 Å². The molecule has 0 unspecified atom stereocenters. The van der Waals surface area contributed by atoms with Crippen LogP contribution < -0.4 is 0 Å². The highest BCUT2D eigenvalue weighted by atomic mass is 35.5. The molecule has 0 aliphatic heterocycles. The third-order valence-electron chi connectivity index (χ3n) is 1.64. The van der Waals surface area contributed by atoms with Gasteiger partial charge < -0.3 is 10.2 Å². The van der Waals surface area contributed by atoms with Crippen LogP contribution >= 0.6 is 11.6 Å². The summed E-state index contributed by atoms with van der Waals surface area (Å²) in [4.78, 5) is 10.6. The summed E-state index contributed by atoms with van der Waals surface area (Å²) in [6, 6.07) is 6.37. The van der Waals surface area contributed by atoms with Crippen molar-refractivity contribution in [1.82, 2.24) is 0 Å². The van der Waals surface area contributed by atoms with Gasteiger partial charge in [-0.3, -0.25) is 0 Å². The van der Waals surface area contributed by atoms with E-state index in [2.05, 4.69) is 10.2 Å². The Morgan fingerprint density at radius 2 is 1.81 bits per heavy atom. The highest BCUT2D eigenvalue weighted by Gasteiger charge is 2.09. The summed E-state index contributed by atoms with van der Waals surface area (Å²) in [5.74, 6) is -1.73. The zero-order valence-electron chi connectivity index (χ0n) is 8.38. The molecule has 1 aromatic carbocycles. The van der Waals surface area contributed by atoms with Crippen molar-refractivity contribution in [2.45, 2.75) is 6.92 Å². The summed E-state index contributed by atoms with van der Waals surface area (Å²) < 4.78 is 0. The second-order valence-corrected chi connectivity index (χ2v) is 3.35. The molecular weight excluding hydrogens is 232 g/mol. The van der Waals surface area contributed by atoms with Gasteiger partial charge in [0.15, 0.2) is 0 Å². The standard InChI is InChI=1S/C10H9ClN2O3/c1-6(14)9(10(15)16)13-12-8-4-2-7(11)3-5-8/h2-5,14H,1H3,(H,15,16). The number of rotatable bonds is 3. The molecule has 0 amide bonds. The first-order valence-electron chi connectivity index (χ1n) is 4.31. The van der Waals surface area contributed by atoms with Crippen molar-refractivity contribution in [3.05, 3.63) is 40.7 Å². The summed E-state index contributed by atoms with van der Waals surface area (Å²) in [7, 11) is 0. The van der Waals surface area contributed by atoms with Gasteiger partial charge in [-0.25, -0.2) is 4.79 Å². The second-order valence-electron chi connectivity index (χ2n) is 2.92. The number of carbonyl (C=O) groups is 1. The highest BCUT2D eigenvalue weighted by molar-refractivity contribution is 6.30. The van der Waals surface area contributed by atoms with Gasteiger partial charge in [-0.2, -0.15) is 5.11 Å². The Hall–Kier alpha value is -1.88. The van der Waals surface area contributed by atoms with E-state index >= 15 is 0 Å². The van der Waals surface area contributed by atoms with Crippen LogP contribution in [0.1, 0.15) is 6.92 Å². The molecule has 0 aliphatic carbocycles. The number of carboxylic acid groups (broad SMARTS) is 1. The van der Waals surface area contributed by atoms with Crippen molar-refractivity contribution in [1.29, 1.82) is 0 Å². The zero-order chi connectivity index (χ0) is 12.1. The van der Waals surface area contributed by atoms with Gasteiger partial charge in [0, 0.05) is 5.02 Å². The molecule has 0 radical (unpaired) electrons. The summed E-state index contributed by atoms with van der Waals surface area (Å²) in [6.45, 7) is 1.23. The molecule has 0 spiro atoms. The average molecular weight is 241 g/mol. The van der Waals surface area contributed by atoms with Crippen molar-refractivity contribution >= 4 is 23.3 Å². The number of aliphatic hydroxyl groups is 1. The van der Waals surface area contributed by atoms with E-state index in [1.807, 2.05) is 0 Å². The number of halogens is 1. The molecule has 16 heavy (non-hydrogen) atoms. The summed E-state index contributed by atoms with van der Waals surface area (Å²) in [6.07, 6.45) is 0. The minimum absolute atomic E-state index is 0.398. The zero-order valence-corrected chi connectivity index (χ0v) is 9.14. The van der Waals surface area contributed by atoms with Crippen LogP contribution in [0.4, 0.5) is 5.69 Å². The van der Waals surface area contributed by atoms with Crippen LogP contribution in [0, 0.1) is 0 Å². The van der Waals surface area contributed by atoms with E-state index in [-0.39, 0.29) is 0 Å². The molecule has 0 heterocycles. The van der Waals surface area contributed by atoms with Gasteiger partial charge in [0.2, 0.25) is 5.70 Å². The lowest BCUT2D eigenvalue weighted by molar-refractivity contribution is -0.132. The fraction of sp³-hybridized carbons (Fsp3) is 0.100. The number of benzene rings is 1. The first kappa shape index (κ1) is 12.2. The Labute approximate surface area is 96.7 Å². The SMILES string of the molecule is CC(O)=C(N=Nc1ccc(Cl)cc1)C(=O)O. The molecule has 0 fully saturated rings. The minimum Gasteiger partial charge on any atom is -0.510 e. The summed E-state index contributed by atoms with van der Waals surface area (Å²) in [5, 5.41) is 25.3. The maximum Gasteiger partial charge on any atom is 0.359 e. The number of carboxylic acids is 1. The molecule has 2 N–H and O–H groups in total. The third kappa shape index (κ3) is 3.36. The highest BCUT2D eigenvalue weighted by Crippen LogP contribution is 2.18. The number of hydrogen-bond donors (Lipinski definition) is 2. The molecule has 0 bridgehead atoms. The van der Waals surface area contributed by atoms with E-state index < -0.39 is 17.4 Å². The molecule has 5 nitrogen and oxygen atoms in total. The normalized spacial score (nSPS) is 12.6. The van der Waals surface area contributed by atoms with Crippen LogP contribution in [0.3, 0.4) is 0 Å². The van der Waals surface area contributed by atoms with Gasteiger partial charge in [0.25, 0.3) is 0 Å². The number of aliphatic carboxylic acids is 1. The molecule has 6 heteroatoms. The lowest BCUT2D eigenvalue weighted by Crippen LogP contribution is -2.00. The Balaban J connectivity index is 2.92. The molecule has 0 atom stereocenters. The Kier molecular flexibility index (Phi) is 4.02. The number of allylic oxidation sites excluding steroid dienone is 1. The van der Waals surface area contributed by atoms with Gasteiger partial charge in [-0.05, 0) is 31.2 Å². The Morgan fingerprint density at radius 1 is 1.25 bits per heavy atom. The first-order chi connectivity index (χ1) is 7.50. The smallest absolute Gasteiger partial charge is 0.359 e. The number of azo groups is 1. The van der Waals surface area contributed by atoms with Crippen LogP contribution in [-0.2, 0) is 4.79 Å². The fourth-order valence-corrected chi connectivity index (χ4v) is 1.01. The van der Waals surface area contributed by atoms with Crippen molar-refractivity contribution in [3.63, 3.8) is 0 Å². The molecule has 1 rings (SSSR count). The predicted octanol–water partition coefficient (Wildman–Crippen LogP) is 3.30. The van der Waals surface area contributed by atoms with Gasteiger partial charge in [0.1, 0.15) is 5.76 Å². The van der Waals surface area contributed by atoms with Crippen LogP contribution in [0.25, 0.3) is 0 Å². The maximum absolute atomic E-state index is 10.6. The second kappa shape index (κ2) is 5.27. The van der Waals surface area contributed by atoms with Gasteiger partial charge in [-0.1, -0.05) is 11.6 Å². The van der Waals surface area contributed by atoms with Crippen LogP contribution in [0.2, 0.25) is 5.02 Å². The molecule has 1 aromatic rings. The minimum atomic E-state index is -1.34. The lowest BCUT2D eigenvalue weighted by atomic mass is 10.3. The first-order valence-corrected chi connectivity index (χ1v) is 4.69. The molecule has 84 valence electrons. The van der Waals surface area contributed by atoms with E-state index in [0.717, 1.165) is 0 Å². The van der Waals surface area contributed by atoms with Gasteiger partial charge in [0.05, 0.1) is 5.69 Å². The maximum atomic E-state index is 10.6. The quantitative estimate of drug-likeness (QED) is 0.483. The largest absolute Gasteiger partial charge is 0.510 e. The molecule has 0 saturated carbocycles. The number of nitrogens with zero attached hydrogens (tertiary/aromatic N) is 2. The Morgan fingerprint density at radius 3 is 2.25 bits per heavy atom. The average Bonchev–Trinajstić information content (AvgIpc) is 2.20. The monoisotopic (exact) mass is 240 g/mol. The van der Waals surface area contributed by atoms with E-state index in [0.29, 0.717) is 10.7 Å².